The summed E-state index contributed by atoms with van der Waals surface area (Å²) in [5, 5.41) is 1.45. The lowest BCUT2D eigenvalue weighted by molar-refractivity contribution is 0.236. The molecule has 1 saturated heterocycles. The lowest BCUT2D eigenvalue weighted by Gasteiger charge is -2.16. The molecule has 1 fully saturated rings. The first-order valence-electron chi connectivity index (χ1n) is 16.3. The molecule has 6 rings (SSSR count). The summed E-state index contributed by atoms with van der Waals surface area (Å²) in [5.41, 5.74) is 5.10. The molecule has 0 amide bonds. The van der Waals surface area contributed by atoms with Crippen molar-refractivity contribution in [3.05, 3.63) is 106 Å². The molecule has 0 bridgehead atoms. The van der Waals surface area contributed by atoms with Crippen molar-refractivity contribution in [2.75, 3.05) is 32.8 Å². The van der Waals surface area contributed by atoms with Crippen LogP contribution < -0.4 is 14.2 Å². The number of unbranched alkanes of at least 4 members (excludes halogenated alkanes) is 1. The van der Waals surface area contributed by atoms with Crippen LogP contribution in [0.5, 0.6) is 17.2 Å². The first-order valence-corrected chi connectivity index (χ1v) is 17.1. The van der Waals surface area contributed by atoms with Crippen LogP contribution in [0.25, 0.3) is 22.4 Å². The molecule has 1 aliphatic rings. The van der Waals surface area contributed by atoms with Crippen LogP contribution in [0.15, 0.2) is 84.9 Å². The highest BCUT2D eigenvalue weighted by Crippen LogP contribution is 2.36. The average molecular weight is 659 g/mol. The maximum atomic E-state index is 6.44. The van der Waals surface area contributed by atoms with Gasteiger partial charge in [0.25, 0.3) is 0 Å². The van der Waals surface area contributed by atoms with Gasteiger partial charge in [0.1, 0.15) is 36.1 Å². The Morgan fingerprint density at radius 1 is 0.717 bits per heavy atom. The molecule has 5 aromatic rings. The maximum Gasteiger partial charge on any atom is 0.151 e. The van der Waals surface area contributed by atoms with E-state index in [-0.39, 0.29) is 0 Å². The monoisotopic (exact) mass is 657 g/mol. The second-order valence-corrected chi connectivity index (χ2v) is 12.7. The fourth-order valence-corrected chi connectivity index (χ4v) is 6.05. The number of likely N-dealkylation sites (tertiary alicyclic amines) is 1. The Hall–Kier alpha value is -3.71. The van der Waals surface area contributed by atoms with Gasteiger partial charge in [-0.1, -0.05) is 60.8 Å². The summed E-state index contributed by atoms with van der Waals surface area (Å²) in [5.74, 6) is 3.24. The van der Waals surface area contributed by atoms with Crippen LogP contribution in [0.1, 0.15) is 43.7 Å². The molecule has 0 N–H and O–H groups in total. The molecule has 46 heavy (non-hydrogen) atoms. The molecule has 0 atom stereocenters. The zero-order valence-electron chi connectivity index (χ0n) is 26.4. The van der Waals surface area contributed by atoms with Crippen LogP contribution in [0.4, 0.5) is 0 Å². The second kappa shape index (κ2) is 15.7. The number of hydrogen-bond donors (Lipinski definition) is 0. The summed E-state index contributed by atoms with van der Waals surface area (Å²) in [6.45, 7) is 7.91. The molecule has 8 heteroatoms. The lowest BCUT2D eigenvalue weighted by Crippen LogP contribution is -2.25. The van der Waals surface area contributed by atoms with Crippen LogP contribution in [0.3, 0.4) is 0 Å². The molecule has 2 heterocycles. The largest absolute Gasteiger partial charge is 0.493 e. The van der Waals surface area contributed by atoms with Crippen molar-refractivity contribution in [3.8, 4) is 28.6 Å². The first-order chi connectivity index (χ1) is 22.6. The van der Waals surface area contributed by atoms with Gasteiger partial charge < -0.3 is 18.8 Å². The van der Waals surface area contributed by atoms with Crippen LogP contribution in [0, 0.1) is 0 Å². The molecule has 0 saturated carbocycles. The molecule has 1 aliphatic heterocycles. The number of hydrogen-bond acceptors (Lipinski definition) is 5. The number of rotatable bonds is 15. The predicted octanol–water partition coefficient (Wildman–Crippen LogP) is 9.49. The SMILES string of the molecule is CCCCn1c(-c2ccc(OCCc3ccc(Cl)cc3)cc2)nc2c(OCc3ccc(Cl)cc3)cc(OCCN3CCCC3)cc21. The zero-order chi connectivity index (χ0) is 31.7. The third-order valence-corrected chi connectivity index (χ3v) is 8.90. The van der Waals surface area contributed by atoms with Crippen LogP contribution in [-0.2, 0) is 19.6 Å². The van der Waals surface area contributed by atoms with Gasteiger partial charge in [0.05, 0.1) is 12.1 Å². The average Bonchev–Trinajstić information content (AvgIpc) is 3.73. The van der Waals surface area contributed by atoms with E-state index >= 15 is 0 Å². The van der Waals surface area contributed by atoms with Crippen LogP contribution >= 0.6 is 23.2 Å². The van der Waals surface area contributed by atoms with Gasteiger partial charge >= 0.3 is 0 Å². The Bertz CT molecular complexity index is 1700. The summed E-state index contributed by atoms with van der Waals surface area (Å²) in [4.78, 5) is 7.65. The molecule has 240 valence electrons. The van der Waals surface area contributed by atoms with Gasteiger partial charge in [-0.05, 0) is 92.0 Å². The van der Waals surface area contributed by atoms with Gasteiger partial charge in [0, 0.05) is 47.3 Å². The number of fused-ring (bicyclic) bond motifs is 1. The van der Waals surface area contributed by atoms with E-state index in [0.29, 0.717) is 30.6 Å². The number of nitrogens with zero attached hydrogens (tertiary/aromatic N) is 3. The van der Waals surface area contributed by atoms with Crippen molar-refractivity contribution in [2.45, 2.75) is 52.2 Å². The predicted molar refractivity (Wildman–Crippen MR) is 188 cm³/mol. The number of benzene rings is 4. The third kappa shape index (κ3) is 8.35. The van der Waals surface area contributed by atoms with E-state index in [1.165, 1.54) is 18.4 Å². The minimum Gasteiger partial charge on any atom is -0.493 e. The van der Waals surface area contributed by atoms with Crippen LogP contribution in [-0.4, -0.2) is 47.3 Å². The van der Waals surface area contributed by atoms with Gasteiger partial charge in [-0.2, -0.15) is 0 Å². The fourth-order valence-electron chi connectivity index (χ4n) is 5.80. The van der Waals surface area contributed by atoms with E-state index in [2.05, 4.69) is 34.6 Å². The van der Waals surface area contributed by atoms with Crippen molar-refractivity contribution in [3.63, 3.8) is 0 Å². The van der Waals surface area contributed by atoms with Gasteiger partial charge in [0.15, 0.2) is 5.75 Å². The van der Waals surface area contributed by atoms with Gasteiger partial charge in [0.2, 0.25) is 0 Å². The van der Waals surface area contributed by atoms with E-state index in [9.17, 15) is 0 Å². The molecule has 0 aliphatic carbocycles. The first kappa shape index (κ1) is 32.2. The summed E-state index contributed by atoms with van der Waals surface area (Å²) >= 11 is 12.1. The summed E-state index contributed by atoms with van der Waals surface area (Å²) in [7, 11) is 0. The molecule has 1 aromatic heterocycles. The molecular weight excluding hydrogens is 617 g/mol. The standard InChI is InChI=1S/C38H41Cl2N3O3/c1-2-3-21-43-35-25-34(45-24-22-42-19-4-5-20-42)26-36(46-27-29-8-14-32(40)15-9-29)37(35)41-38(43)30-10-16-33(17-11-30)44-23-18-28-6-12-31(39)13-7-28/h6-17,25-26H,2-5,18-24,27H2,1H3. The highest BCUT2D eigenvalue weighted by molar-refractivity contribution is 6.30. The van der Waals surface area contributed by atoms with Crippen molar-refractivity contribution < 1.29 is 14.2 Å². The van der Waals surface area contributed by atoms with E-state index in [1.807, 2.05) is 66.7 Å². The normalized spacial score (nSPS) is 13.4. The quantitative estimate of drug-likeness (QED) is 0.112. The minimum atomic E-state index is 0.405. The van der Waals surface area contributed by atoms with Gasteiger partial charge in [-0.3, -0.25) is 4.90 Å². The van der Waals surface area contributed by atoms with Crippen molar-refractivity contribution in [1.29, 1.82) is 0 Å². The number of aryl methyl sites for hydroxylation is 1. The van der Waals surface area contributed by atoms with E-state index in [4.69, 9.17) is 42.4 Å². The Balaban J connectivity index is 1.26. The van der Waals surface area contributed by atoms with E-state index in [0.717, 1.165) is 89.9 Å². The van der Waals surface area contributed by atoms with Crippen molar-refractivity contribution in [2.24, 2.45) is 0 Å². The molecule has 0 radical (unpaired) electrons. The van der Waals surface area contributed by atoms with Crippen LogP contribution in [0.2, 0.25) is 10.0 Å². The summed E-state index contributed by atoms with van der Waals surface area (Å²) < 4.78 is 21.2. The maximum absolute atomic E-state index is 6.44. The number of aromatic nitrogens is 2. The highest BCUT2D eigenvalue weighted by Gasteiger charge is 2.19. The zero-order valence-corrected chi connectivity index (χ0v) is 27.9. The number of imidazole rings is 1. The molecular formula is C38H41Cl2N3O3. The topological polar surface area (TPSA) is 48.8 Å². The fraction of sp³-hybridized carbons (Fsp3) is 0.342. The van der Waals surface area contributed by atoms with Crippen molar-refractivity contribution in [1.82, 2.24) is 14.5 Å². The number of halogens is 2. The third-order valence-electron chi connectivity index (χ3n) is 8.40. The molecule has 0 spiro atoms. The summed E-state index contributed by atoms with van der Waals surface area (Å²) in [6.07, 6.45) is 5.46. The van der Waals surface area contributed by atoms with E-state index < -0.39 is 0 Å². The highest BCUT2D eigenvalue weighted by atomic mass is 35.5. The minimum absolute atomic E-state index is 0.405. The Morgan fingerprint density at radius 2 is 1.39 bits per heavy atom. The lowest BCUT2D eigenvalue weighted by atomic mass is 10.1. The van der Waals surface area contributed by atoms with Gasteiger partial charge in [-0.15, -0.1) is 0 Å². The second-order valence-electron chi connectivity index (χ2n) is 11.8. The Labute approximate surface area is 281 Å². The molecule has 0 unspecified atom stereocenters. The Kier molecular flexibility index (Phi) is 11.0. The molecule has 6 nitrogen and oxygen atoms in total. The smallest absolute Gasteiger partial charge is 0.151 e. The van der Waals surface area contributed by atoms with E-state index in [1.54, 1.807) is 0 Å². The molecule has 4 aromatic carbocycles. The Morgan fingerprint density at radius 3 is 2.09 bits per heavy atom. The van der Waals surface area contributed by atoms with Crippen molar-refractivity contribution >= 4 is 34.2 Å². The number of ether oxygens (including phenoxy) is 3. The van der Waals surface area contributed by atoms with Gasteiger partial charge in [-0.25, -0.2) is 4.98 Å². The summed E-state index contributed by atoms with van der Waals surface area (Å²) in [6, 6.07) is 28.0.